The van der Waals surface area contributed by atoms with Gasteiger partial charge >= 0.3 is 0 Å². The minimum Gasteiger partial charge on any atom is -0.321 e. The molecular formula is C41H84N2O4P2. The van der Waals surface area contributed by atoms with Gasteiger partial charge in [-0.05, 0) is 12.8 Å². The van der Waals surface area contributed by atoms with Crippen LogP contribution in [0.25, 0.3) is 0 Å². The lowest BCUT2D eigenvalue weighted by atomic mass is 9.93. The lowest BCUT2D eigenvalue weighted by Gasteiger charge is -2.42. The van der Waals surface area contributed by atoms with E-state index in [4.69, 9.17) is 18.1 Å². The fourth-order valence-electron chi connectivity index (χ4n) is 6.98. The molecule has 0 aromatic rings. The summed E-state index contributed by atoms with van der Waals surface area (Å²) >= 11 is 0. The van der Waals surface area contributed by atoms with E-state index in [0.29, 0.717) is 26.4 Å². The van der Waals surface area contributed by atoms with Crippen molar-refractivity contribution in [2.24, 2.45) is 5.41 Å². The summed E-state index contributed by atoms with van der Waals surface area (Å²) in [6.45, 7) is 9.20. The molecule has 292 valence electrons. The molecule has 6 nitrogen and oxygen atoms in total. The van der Waals surface area contributed by atoms with Gasteiger partial charge in [0.25, 0.3) is 17.1 Å². The molecule has 0 aromatic heterocycles. The van der Waals surface area contributed by atoms with Crippen molar-refractivity contribution in [3.8, 4) is 0 Å². The van der Waals surface area contributed by atoms with Gasteiger partial charge in [0.1, 0.15) is 0 Å². The van der Waals surface area contributed by atoms with Crippen LogP contribution >= 0.6 is 17.1 Å². The molecule has 0 amide bonds. The van der Waals surface area contributed by atoms with Gasteiger partial charge in [0.05, 0.1) is 31.8 Å². The summed E-state index contributed by atoms with van der Waals surface area (Å²) in [5.74, 6) is 0. The van der Waals surface area contributed by atoms with Crippen LogP contribution < -0.4 is 10.2 Å². The van der Waals surface area contributed by atoms with Crippen molar-refractivity contribution in [2.45, 2.75) is 219 Å². The highest BCUT2D eigenvalue weighted by atomic mass is 31.2. The highest BCUT2D eigenvalue weighted by molar-refractivity contribution is 7.45. The smallest absolute Gasteiger partial charge is 0.255 e. The number of nitrogens with one attached hydrogen (secondary N) is 2. The summed E-state index contributed by atoms with van der Waals surface area (Å²) in [7, 11) is -1.95. The summed E-state index contributed by atoms with van der Waals surface area (Å²) in [6, 6.07) is 0. The minimum atomic E-state index is -0.976. The minimum absolute atomic E-state index is 0.149. The van der Waals surface area contributed by atoms with Gasteiger partial charge in [-0.25, -0.2) is 0 Å². The molecule has 0 aromatic carbocycles. The van der Waals surface area contributed by atoms with E-state index in [-0.39, 0.29) is 5.41 Å². The average molecular weight is 731 g/mol. The van der Waals surface area contributed by atoms with E-state index in [2.05, 4.69) is 24.0 Å². The second-order valence-electron chi connectivity index (χ2n) is 15.5. The van der Waals surface area contributed by atoms with Gasteiger partial charge in [0, 0.05) is 13.1 Å². The number of unbranched alkanes of at least 4 members (excludes halogenated alkanes) is 30. The molecule has 49 heavy (non-hydrogen) atoms. The molecule has 0 aliphatic carbocycles. The zero-order chi connectivity index (χ0) is 34.8. The van der Waals surface area contributed by atoms with E-state index in [1.54, 1.807) is 0 Å². The molecule has 2 fully saturated rings. The molecule has 2 aliphatic heterocycles. The molecule has 0 radical (unpaired) electrons. The first-order valence-electron chi connectivity index (χ1n) is 21.9. The van der Waals surface area contributed by atoms with E-state index in [1.165, 1.54) is 205 Å². The Bertz CT molecular complexity index is 616. The van der Waals surface area contributed by atoms with Crippen LogP contribution in [-0.4, -0.2) is 39.5 Å². The van der Waals surface area contributed by atoms with Crippen LogP contribution in [0.15, 0.2) is 0 Å². The molecule has 2 aliphatic rings. The third kappa shape index (κ3) is 26.9. The number of hydrogen-bond donors (Lipinski definition) is 2. The molecule has 0 saturated carbocycles. The molecule has 2 saturated heterocycles. The van der Waals surface area contributed by atoms with E-state index in [9.17, 15) is 0 Å². The first-order chi connectivity index (χ1) is 24.3. The average Bonchev–Trinajstić information content (AvgIpc) is 3.12. The Labute approximate surface area is 308 Å². The molecule has 8 heteroatoms. The first kappa shape index (κ1) is 45.8. The van der Waals surface area contributed by atoms with Crippen molar-refractivity contribution in [1.29, 1.82) is 0 Å². The third-order valence-corrected chi connectivity index (χ3v) is 12.9. The maximum atomic E-state index is 6.09. The van der Waals surface area contributed by atoms with Crippen LogP contribution in [0.1, 0.15) is 219 Å². The second-order valence-corrected chi connectivity index (χ2v) is 18.2. The van der Waals surface area contributed by atoms with Crippen LogP contribution in [0.2, 0.25) is 0 Å². The fourth-order valence-corrected chi connectivity index (χ4v) is 9.74. The molecular weight excluding hydrogens is 646 g/mol. The van der Waals surface area contributed by atoms with E-state index >= 15 is 0 Å². The molecule has 0 unspecified atom stereocenters. The van der Waals surface area contributed by atoms with Gasteiger partial charge in [0.15, 0.2) is 0 Å². The predicted molar refractivity (Wildman–Crippen MR) is 215 cm³/mol. The monoisotopic (exact) mass is 731 g/mol. The number of rotatable bonds is 36. The van der Waals surface area contributed by atoms with Crippen molar-refractivity contribution in [2.75, 3.05) is 39.5 Å². The predicted octanol–water partition coefficient (Wildman–Crippen LogP) is 14.2. The largest absolute Gasteiger partial charge is 0.321 e. The van der Waals surface area contributed by atoms with Gasteiger partial charge in [-0.2, -0.15) is 0 Å². The zero-order valence-corrected chi connectivity index (χ0v) is 34.7. The van der Waals surface area contributed by atoms with Crippen LogP contribution in [0.3, 0.4) is 0 Å². The second kappa shape index (κ2) is 34.4. The van der Waals surface area contributed by atoms with E-state index in [1.807, 2.05) is 0 Å². The van der Waals surface area contributed by atoms with Gasteiger partial charge in [-0.3, -0.25) is 10.2 Å². The van der Waals surface area contributed by atoms with Crippen molar-refractivity contribution in [3.05, 3.63) is 0 Å². The standard InChI is InChI=1S/C41H84N2O4P2/c1-3-5-7-9-11-13-15-17-19-21-23-25-27-29-31-33-35-42-48-44-37-41(38-45-48)39-46-49(47-40-41)43-36-34-32-30-28-26-24-22-20-18-16-14-12-10-8-6-4-2/h42-43H,3-40H2,1-2H3. The lowest BCUT2D eigenvalue weighted by molar-refractivity contribution is -0.0558. The summed E-state index contributed by atoms with van der Waals surface area (Å²) in [4.78, 5) is 0. The Kier molecular flexibility index (Phi) is 32.1. The first-order valence-corrected chi connectivity index (χ1v) is 24.2. The van der Waals surface area contributed by atoms with Gasteiger partial charge in [0.2, 0.25) is 0 Å². The summed E-state index contributed by atoms with van der Waals surface area (Å²) in [5, 5.41) is 7.01. The maximum Gasteiger partial charge on any atom is 0.255 e. The van der Waals surface area contributed by atoms with Crippen molar-refractivity contribution in [3.63, 3.8) is 0 Å². The SMILES string of the molecule is CCCCCCCCCCCCCCCCCCNP1OCC2(CO1)COP(NCCCCCCCCCCCCCCCCCC)OC2. The van der Waals surface area contributed by atoms with Crippen LogP contribution in [0, 0.1) is 5.41 Å². The Morgan fingerprint density at radius 2 is 0.531 bits per heavy atom. The highest BCUT2D eigenvalue weighted by Gasteiger charge is 2.42. The number of hydrogen-bond acceptors (Lipinski definition) is 6. The molecule has 2 heterocycles. The van der Waals surface area contributed by atoms with Gasteiger partial charge < -0.3 is 18.1 Å². The Morgan fingerprint density at radius 1 is 0.327 bits per heavy atom. The lowest BCUT2D eigenvalue weighted by Crippen LogP contribution is -2.46. The Balaban J connectivity index is 1.28. The van der Waals surface area contributed by atoms with Gasteiger partial charge in [-0.15, -0.1) is 0 Å². The van der Waals surface area contributed by atoms with Crippen LogP contribution in [0.5, 0.6) is 0 Å². The third-order valence-electron chi connectivity index (χ3n) is 10.5. The molecule has 2 N–H and O–H groups in total. The van der Waals surface area contributed by atoms with Crippen LogP contribution in [0.4, 0.5) is 0 Å². The Hall–Kier alpha value is 0.620. The normalized spacial score (nSPS) is 21.2. The summed E-state index contributed by atoms with van der Waals surface area (Å²) < 4.78 is 24.4. The quantitative estimate of drug-likeness (QED) is 0.0494. The highest BCUT2D eigenvalue weighted by Crippen LogP contribution is 2.49. The summed E-state index contributed by atoms with van der Waals surface area (Å²) in [5.41, 5.74) is -0.149. The van der Waals surface area contributed by atoms with E-state index in [0.717, 1.165) is 13.1 Å². The van der Waals surface area contributed by atoms with Crippen molar-refractivity contribution >= 4 is 17.1 Å². The van der Waals surface area contributed by atoms with E-state index < -0.39 is 17.1 Å². The van der Waals surface area contributed by atoms with Crippen LogP contribution in [-0.2, 0) is 18.1 Å². The fraction of sp³-hybridized carbons (Fsp3) is 1.00. The van der Waals surface area contributed by atoms with Crippen molar-refractivity contribution < 1.29 is 18.1 Å². The maximum absolute atomic E-state index is 6.09. The zero-order valence-electron chi connectivity index (χ0n) is 32.9. The Morgan fingerprint density at radius 3 is 0.755 bits per heavy atom. The topological polar surface area (TPSA) is 61.0 Å². The molecule has 2 rings (SSSR count). The molecule has 0 bridgehead atoms. The summed E-state index contributed by atoms with van der Waals surface area (Å²) in [6.07, 6.45) is 44.9. The van der Waals surface area contributed by atoms with Gasteiger partial charge in [-0.1, -0.05) is 206 Å². The molecule has 1 spiro atoms. The van der Waals surface area contributed by atoms with Crippen molar-refractivity contribution in [1.82, 2.24) is 10.2 Å². The molecule has 0 atom stereocenters.